The Kier molecular flexibility index (Phi) is 3.87. The largest absolute Gasteiger partial charge is 0.364 e. The molecule has 5 heteroatoms. The minimum Gasteiger partial charge on any atom is -0.364 e. The number of carbonyl (C=O) groups is 1. The first-order chi connectivity index (χ1) is 11.2. The van der Waals surface area contributed by atoms with Gasteiger partial charge in [-0.1, -0.05) is 23.7 Å². The van der Waals surface area contributed by atoms with Crippen molar-refractivity contribution < 1.29 is 4.79 Å². The van der Waals surface area contributed by atoms with E-state index < -0.39 is 0 Å². The zero-order chi connectivity index (χ0) is 15.8. The number of aromatic amines is 1. The normalized spacial score (nSPS) is 21.4. The summed E-state index contributed by atoms with van der Waals surface area (Å²) in [5.74, 6) is 0.692. The molecule has 2 fully saturated rings. The highest BCUT2D eigenvalue weighted by Crippen LogP contribution is 2.41. The molecule has 1 aliphatic carbocycles. The van der Waals surface area contributed by atoms with Crippen LogP contribution in [0.4, 0.5) is 0 Å². The fourth-order valence-corrected chi connectivity index (χ4v) is 3.53. The Labute approximate surface area is 140 Å². The number of hydrogen-bond donors (Lipinski definition) is 2. The maximum absolute atomic E-state index is 12.9. The van der Waals surface area contributed by atoms with Crippen molar-refractivity contribution in [1.29, 1.82) is 0 Å². The van der Waals surface area contributed by atoms with Gasteiger partial charge in [0.25, 0.3) is 5.91 Å². The van der Waals surface area contributed by atoms with E-state index in [0.717, 1.165) is 34.9 Å². The van der Waals surface area contributed by atoms with E-state index in [1.165, 1.54) is 12.8 Å². The van der Waals surface area contributed by atoms with Crippen molar-refractivity contribution >= 4 is 17.5 Å². The number of nitrogens with zero attached hydrogens (tertiary/aromatic N) is 1. The summed E-state index contributed by atoms with van der Waals surface area (Å²) in [5, 5.41) is 4.21. The third-order valence-corrected chi connectivity index (χ3v) is 4.94. The van der Waals surface area contributed by atoms with Gasteiger partial charge in [-0.25, -0.2) is 0 Å². The first-order valence-corrected chi connectivity index (χ1v) is 8.55. The molecule has 4 nitrogen and oxygen atoms in total. The average Bonchev–Trinajstić information content (AvgIpc) is 3.31. The Hall–Kier alpha value is -1.78. The number of rotatable bonds is 3. The summed E-state index contributed by atoms with van der Waals surface area (Å²) in [6.07, 6.45) is 4.26. The molecule has 1 amide bonds. The van der Waals surface area contributed by atoms with E-state index in [9.17, 15) is 4.79 Å². The maximum Gasteiger partial charge on any atom is 0.255 e. The summed E-state index contributed by atoms with van der Waals surface area (Å²) in [6.45, 7) is 2.21. The Morgan fingerprint density at radius 1 is 1.26 bits per heavy atom. The number of nitrogens with one attached hydrogen (secondary N) is 2. The standard InChI is InChI=1S/C18H20ClN3O/c19-14-3-1-2-13(10-14)16-11-22(9-8-20-16)18(23)15-6-7-21-17(15)12-4-5-12/h1-3,6-7,10,12,16,20-21H,4-5,8-9,11H2. The molecule has 1 aliphatic heterocycles. The third-order valence-electron chi connectivity index (χ3n) is 4.71. The number of amides is 1. The SMILES string of the molecule is O=C(c1cc[nH]c1C1CC1)N1CCNC(c2cccc(Cl)c2)C1. The van der Waals surface area contributed by atoms with E-state index in [1.807, 2.05) is 35.4 Å². The molecule has 4 rings (SSSR count). The number of hydrogen-bond acceptors (Lipinski definition) is 2. The van der Waals surface area contributed by atoms with Gasteiger partial charge >= 0.3 is 0 Å². The van der Waals surface area contributed by atoms with Gasteiger partial charge in [0, 0.05) is 36.5 Å². The van der Waals surface area contributed by atoms with Gasteiger partial charge in [-0.15, -0.1) is 0 Å². The number of halogens is 1. The Morgan fingerprint density at radius 2 is 2.13 bits per heavy atom. The number of carbonyl (C=O) groups excluding carboxylic acids is 1. The molecular weight excluding hydrogens is 310 g/mol. The zero-order valence-electron chi connectivity index (χ0n) is 12.9. The number of aromatic nitrogens is 1. The lowest BCUT2D eigenvalue weighted by molar-refractivity contribution is 0.0702. The van der Waals surface area contributed by atoms with E-state index in [4.69, 9.17) is 11.6 Å². The third kappa shape index (κ3) is 3.01. The summed E-state index contributed by atoms with van der Waals surface area (Å²) in [6, 6.07) is 9.92. The van der Waals surface area contributed by atoms with E-state index in [0.29, 0.717) is 12.5 Å². The second-order valence-electron chi connectivity index (χ2n) is 6.39. The Balaban J connectivity index is 1.52. The van der Waals surface area contributed by atoms with Crippen molar-refractivity contribution in [3.8, 4) is 0 Å². The van der Waals surface area contributed by atoms with Crippen molar-refractivity contribution in [2.45, 2.75) is 24.8 Å². The summed E-state index contributed by atoms with van der Waals surface area (Å²) >= 11 is 6.09. The highest BCUT2D eigenvalue weighted by Gasteiger charge is 2.32. The average molecular weight is 330 g/mol. The molecule has 1 aromatic carbocycles. The minimum absolute atomic E-state index is 0.134. The van der Waals surface area contributed by atoms with Crippen LogP contribution < -0.4 is 5.32 Å². The molecule has 2 aromatic rings. The van der Waals surface area contributed by atoms with E-state index in [2.05, 4.69) is 16.4 Å². The van der Waals surface area contributed by atoms with Crippen molar-refractivity contribution in [3.63, 3.8) is 0 Å². The number of benzene rings is 1. The highest BCUT2D eigenvalue weighted by molar-refractivity contribution is 6.30. The van der Waals surface area contributed by atoms with Crippen molar-refractivity contribution in [2.24, 2.45) is 0 Å². The van der Waals surface area contributed by atoms with Gasteiger partial charge in [-0.05, 0) is 42.5 Å². The molecule has 2 N–H and O–H groups in total. The molecule has 23 heavy (non-hydrogen) atoms. The predicted molar refractivity (Wildman–Crippen MR) is 90.9 cm³/mol. The van der Waals surface area contributed by atoms with Crippen LogP contribution in [0.25, 0.3) is 0 Å². The second-order valence-corrected chi connectivity index (χ2v) is 6.83. The lowest BCUT2D eigenvalue weighted by atomic mass is 10.0. The lowest BCUT2D eigenvalue weighted by Crippen LogP contribution is -2.48. The fraction of sp³-hybridized carbons (Fsp3) is 0.389. The van der Waals surface area contributed by atoms with Crippen molar-refractivity contribution in [2.75, 3.05) is 19.6 Å². The summed E-state index contributed by atoms with van der Waals surface area (Å²) in [4.78, 5) is 18.1. The molecule has 2 aliphatic rings. The molecule has 0 spiro atoms. The van der Waals surface area contributed by atoms with Gasteiger partial charge in [0.15, 0.2) is 0 Å². The van der Waals surface area contributed by atoms with Gasteiger partial charge < -0.3 is 15.2 Å². The fourth-order valence-electron chi connectivity index (χ4n) is 3.33. The van der Waals surface area contributed by atoms with Crippen LogP contribution in [0.5, 0.6) is 0 Å². The highest BCUT2D eigenvalue weighted by atomic mass is 35.5. The number of piperazine rings is 1. The molecule has 0 radical (unpaired) electrons. The molecule has 1 atom stereocenters. The summed E-state index contributed by atoms with van der Waals surface area (Å²) in [7, 11) is 0. The second kappa shape index (κ2) is 6.02. The van der Waals surface area contributed by atoms with Crippen LogP contribution in [0.3, 0.4) is 0 Å². The predicted octanol–water partition coefficient (Wildman–Crippen LogP) is 3.33. The smallest absolute Gasteiger partial charge is 0.255 e. The van der Waals surface area contributed by atoms with E-state index in [1.54, 1.807) is 0 Å². The van der Waals surface area contributed by atoms with Crippen LogP contribution >= 0.6 is 11.6 Å². The van der Waals surface area contributed by atoms with Gasteiger partial charge in [0.2, 0.25) is 0 Å². The molecule has 1 saturated heterocycles. The Bertz CT molecular complexity index is 723. The van der Waals surface area contributed by atoms with Gasteiger partial charge in [-0.2, -0.15) is 0 Å². The zero-order valence-corrected chi connectivity index (χ0v) is 13.6. The van der Waals surface area contributed by atoms with Crippen LogP contribution in [0.1, 0.15) is 46.4 Å². The molecule has 2 heterocycles. The van der Waals surface area contributed by atoms with Crippen LogP contribution in [-0.2, 0) is 0 Å². The quantitative estimate of drug-likeness (QED) is 0.907. The molecule has 1 saturated carbocycles. The summed E-state index contributed by atoms with van der Waals surface area (Å²) in [5.41, 5.74) is 3.10. The van der Waals surface area contributed by atoms with Crippen LogP contribution in [0.2, 0.25) is 5.02 Å². The molecule has 1 unspecified atom stereocenters. The molecular formula is C18H20ClN3O. The van der Waals surface area contributed by atoms with Crippen molar-refractivity contribution in [3.05, 3.63) is 58.4 Å². The van der Waals surface area contributed by atoms with Gasteiger partial charge in [0.05, 0.1) is 11.6 Å². The molecule has 120 valence electrons. The first kappa shape index (κ1) is 14.8. The van der Waals surface area contributed by atoms with E-state index in [-0.39, 0.29) is 11.9 Å². The first-order valence-electron chi connectivity index (χ1n) is 8.18. The van der Waals surface area contributed by atoms with Crippen LogP contribution in [-0.4, -0.2) is 35.4 Å². The van der Waals surface area contributed by atoms with E-state index >= 15 is 0 Å². The Morgan fingerprint density at radius 3 is 2.91 bits per heavy atom. The van der Waals surface area contributed by atoms with Gasteiger partial charge in [0.1, 0.15) is 0 Å². The lowest BCUT2D eigenvalue weighted by Gasteiger charge is -2.34. The van der Waals surface area contributed by atoms with Crippen molar-refractivity contribution in [1.82, 2.24) is 15.2 Å². The van der Waals surface area contributed by atoms with Crippen LogP contribution in [0.15, 0.2) is 36.5 Å². The monoisotopic (exact) mass is 329 g/mol. The number of H-pyrrole nitrogens is 1. The maximum atomic E-state index is 12.9. The summed E-state index contributed by atoms with van der Waals surface area (Å²) < 4.78 is 0. The minimum atomic E-state index is 0.134. The molecule has 0 bridgehead atoms. The molecule has 1 aromatic heterocycles. The van der Waals surface area contributed by atoms with Crippen LogP contribution in [0, 0.1) is 0 Å². The topological polar surface area (TPSA) is 48.1 Å². The van der Waals surface area contributed by atoms with Gasteiger partial charge in [-0.3, -0.25) is 4.79 Å².